The summed E-state index contributed by atoms with van der Waals surface area (Å²) in [5, 5.41) is 9.26. The molecular weight excluding hydrogens is 244 g/mol. The summed E-state index contributed by atoms with van der Waals surface area (Å²) >= 11 is 1.34. The van der Waals surface area contributed by atoms with E-state index in [1.807, 2.05) is 6.92 Å². The minimum Gasteiger partial charge on any atom is -0.245 e. The third-order valence-corrected chi connectivity index (χ3v) is 4.01. The van der Waals surface area contributed by atoms with Crippen LogP contribution in [0.25, 0.3) is 0 Å². The lowest BCUT2D eigenvalue weighted by Gasteiger charge is -1.93. The molecule has 1 rings (SSSR count). The molecule has 0 saturated heterocycles. The maximum atomic E-state index is 11.1. The Morgan fingerprint density at radius 3 is 2.69 bits per heavy atom. The van der Waals surface area contributed by atoms with Gasteiger partial charge in [0.15, 0.2) is 9.84 Å². The summed E-state index contributed by atoms with van der Waals surface area (Å²) in [4.78, 5) is 5.20. The summed E-state index contributed by atoms with van der Waals surface area (Å²) in [5.74, 6) is -0.0280. The molecule has 0 N–H and O–H groups in total. The van der Waals surface area contributed by atoms with Crippen LogP contribution >= 0.6 is 11.3 Å². The number of thiazole rings is 1. The molecule has 0 unspecified atom stereocenters. The van der Waals surface area contributed by atoms with Crippen LogP contribution in [0.1, 0.15) is 28.9 Å². The molecule has 0 saturated carbocycles. The molecule has 0 radical (unpaired) electrons. The van der Waals surface area contributed by atoms with E-state index in [9.17, 15) is 8.42 Å². The molecule has 88 valence electrons. The monoisotopic (exact) mass is 258 g/mol. The quantitative estimate of drug-likeness (QED) is 0.806. The molecule has 0 aromatic carbocycles. The number of nitrogens with zero attached hydrogens (tertiary/aromatic N) is 2. The molecule has 1 heterocycles. The maximum absolute atomic E-state index is 11.1. The van der Waals surface area contributed by atoms with Crippen molar-refractivity contribution in [1.29, 1.82) is 5.26 Å². The normalized spacial score (nSPS) is 11.3. The van der Waals surface area contributed by atoms with E-state index < -0.39 is 9.84 Å². The number of aryl methyl sites for hydroxylation is 1. The molecule has 0 aliphatic carbocycles. The zero-order valence-electron chi connectivity index (χ0n) is 9.36. The smallest absolute Gasteiger partial charge is 0.153 e. The number of nitriles is 1. The van der Waals surface area contributed by atoms with Crippen LogP contribution in [-0.2, 0) is 28.4 Å². The second kappa shape index (κ2) is 5.41. The van der Waals surface area contributed by atoms with Crippen molar-refractivity contribution in [3.8, 4) is 6.07 Å². The lowest BCUT2D eigenvalue weighted by atomic mass is 10.2. The first kappa shape index (κ1) is 13.1. The molecule has 0 fully saturated rings. The van der Waals surface area contributed by atoms with Gasteiger partial charge in [-0.25, -0.2) is 13.4 Å². The first-order valence-corrected chi connectivity index (χ1v) is 7.86. The van der Waals surface area contributed by atoms with Crippen molar-refractivity contribution in [3.63, 3.8) is 0 Å². The Hall–Kier alpha value is -0.930. The number of hydrogen-bond acceptors (Lipinski definition) is 5. The summed E-state index contributed by atoms with van der Waals surface area (Å²) in [6.07, 6.45) is 3.26. The highest BCUT2D eigenvalue weighted by Gasteiger charge is 2.13. The third kappa shape index (κ3) is 3.91. The Kier molecular flexibility index (Phi) is 4.44. The molecule has 0 amide bonds. The van der Waals surface area contributed by atoms with Gasteiger partial charge >= 0.3 is 0 Å². The molecule has 6 heteroatoms. The van der Waals surface area contributed by atoms with Crippen molar-refractivity contribution in [2.75, 3.05) is 6.26 Å². The van der Waals surface area contributed by atoms with Gasteiger partial charge in [0.2, 0.25) is 0 Å². The lowest BCUT2D eigenvalue weighted by Crippen LogP contribution is -2.00. The number of aromatic nitrogens is 1. The molecule has 16 heavy (non-hydrogen) atoms. The Morgan fingerprint density at radius 1 is 1.50 bits per heavy atom. The van der Waals surface area contributed by atoms with Gasteiger partial charge in [-0.1, -0.05) is 13.3 Å². The maximum Gasteiger partial charge on any atom is 0.153 e. The minimum absolute atomic E-state index is 0.0280. The van der Waals surface area contributed by atoms with Crippen LogP contribution in [0.4, 0.5) is 0 Å². The summed E-state index contributed by atoms with van der Waals surface area (Å²) < 4.78 is 22.3. The first-order valence-electron chi connectivity index (χ1n) is 4.98. The van der Waals surface area contributed by atoms with Gasteiger partial charge < -0.3 is 0 Å². The zero-order chi connectivity index (χ0) is 12.2. The van der Waals surface area contributed by atoms with Crippen molar-refractivity contribution < 1.29 is 8.42 Å². The second-order valence-corrected chi connectivity index (χ2v) is 6.94. The molecule has 0 aliphatic heterocycles. The number of sulfone groups is 1. The average molecular weight is 258 g/mol. The average Bonchev–Trinajstić information content (AvgIpc) is 2.46. The van der Waals surface area contributed by atoms with E-state index in [1.165, 1.54) is 17.6 Å². The predicted molar refractivity (Wildman–Crippen MR) is 64.0 cm³/mol. The van der Waals surface area contributed by atoms with E-state index in [0.717, 1.165) is 23.4 Å². The van der Waals surface area contributed by atoms with Crippen LogP contribution in [-0.4, -0.2) is 19.7 Å². The first-order chi connectivity index (χ1) is 7.46. The van der Waals surface area contributed by atoms with Crippen LogP contribution in [0.15, 0.2) is 0 Å². The molecule has 0 aliphatic rings. The zero-order valence-corrected chi connectivity index (χ0v) is 11.0. The van der Waals surface area contributed by atoms with Gasteiger partial charge in [0.05, 0.1) is 18.2 Å². The fourth-order valence-corrected chi connectivity index (χ4v) is 3.60. The molecule has 1 aromatic rings. The van der Waals surface area contributed by atoms with Crippen molar-refractivity contribution in [3.05, 3.63) is 15.6 Å². The van der Waals surface area contributed by atoms with Crippen LogP contribution < -0.4 is 0 Å². The van der Waals surface area contributed by atoms with E-state index in [0.29, 0.717) is 11.4 Å². The van der Waals surface area contributed by atoms with Crippen LogP contribution in [0.3, 0.4) is 0 Å². The minimum atomic E-state index is -3.05. The molecular formula is C10H14N2O2S2. The van der Waals surface area contributed by atoms with Gasteiger partial charge in [-0.05, 0) is 6.42 Å². The van der Waals surface area contributed by atoms with Crippen LogP contribution in [0.2, 0.25) is 0 Å². The third-order valence-electron chi connectivity index (χ3n) is 1.93. The number of hydrogen-bond donors (Lipinski definition) is 0. The molecule has 0 bridgehead atoms. The van der Waals surface area contributed by atoms with Gasteiger partial charge in [0, 0.05) is 11.1 Å². The Bertz CT molecular complexity index is 497. The van der Waals surface area contributed by atoms with Gasteiger partial charge in [-0.2, -0.15) is 5.26 Å². The van der Waals surface area contributed by atoms with Crippen LogP contribution in [0, 0.1) is 11.3 Å². The van der Waals surface area contributed by atoms with Gasteiger partial charge in [-0.3, -0.25) is 0 Å². The van der Waals surface area contributed by atoms with Gasteiger partial charge in [0.1, 0.15) is 10.8 Å². The Morgan fingerprint density at radius 2 is 2.19 bits per heavy atom. The fourth-order valence-electron chi connectivity index (χ4n) is 1.36. The Labute approximate surface area is 99.9 Å². The molecule has 0 atom stereocenters. The highest BCUT2D eigenvalue weighted by atomic mass is 32.2. The second-order valence-electron chi connectivity index (χ2n) is 3.63. The van der Waals surface area contributed by atoms with Crippen molar-refractivity contribution in [2.24, 2.45) is 0 Å². The van der Waals surface area contributed by atoms with E-state index >= 15 is 0 Å². The Balaban J connectivity index is 2.97. The highest BCUT2D eigenvalue weighted by molar-refractivity contribution is 7.90. The topological polar surface area (TPSA) is 70.8 Å². The summed E-state index contributed by atoms with van der Waals surface area (Å²) in [7, 11) is -3.05. The molecule has 0 spiro atoms. The predicted octanol–water partition coefficient (Wildman–Crippen LogP) is 1.71. The van der Waals surface area contributed by atoms with E-state index in [2.05, 4.69) is 11.1 Å². The lowest BCUT2D eigenvalue weighted by molar-refractivity contribution is 0.601. The van der Waals surface area contributed by atoms with E-state index in [-0.39, 0.29) is 5.75 Å². The van der Waals surface area contributed by atoms with Crippen molar-refractivity contribution in [2.45, 2.75) is 31.9 Å². The largest absolute Gasteiger partial charge is 0.245 e. The van der Waals surface area contributed by atoms with E-state index in [4.69, 9.17) is 5.26 Å². The molecule has 1 aromatic heterocycles. The standard InChI is InChI=1S/C10H14N2O2S2/c1-3-4-8-9(5-6-11)15-10(12-8)7-16(2,13)14/h3-5,7H2,1-2H3. The summed E-state index contributed by atoms with van der Waals surface area (Å²) in [6, 6.07) is 2.08. The van der Waals surface area contributed by atoms with Crippen molar-refractivity contribution >= 4 is 21.2 Å². The summed E-state index contributed by atoms with van der Waals surface area (Å²) in [5.41, 5.74) is 0.882. The van der Waals surface area contributed by atoms with Gasteiger partial charge in [0.25, 0.3) is 0 Å². The molecule has 4 nitrogen and oxygen atoms in total. The summed E-state index contributed by atoms with van der Waals surface area (Å²) in [6.45, 7) is 2.03. The van der Waals surface area contributed by atoms with Crippen LogP contribution in [0.5, 0.6) is 0 Å². The fraction of sp³-hybridized carbons (Fsp3) is 0.600. The number of rotatable bonds is 5. The SMILES string of the molecule is CCCc1nc(CS(C)(=O)=O)sc1CC#N. The van der Waals surface area contributed by atoms with Gasteiger partial charge in [-0.15, -0.1) is 11.3 Å². The highest BCUT2D eigenvalue weighted by Crippen LogP contribution is 2.22. The van der Waals surface area contributed by atoms with E-state index in [1.54, 1.807) is 0 Å². The van der Waals surface area contributed by atoms with Crippen molar-refractivity contribution in [1.82, 2.24) is 4.98 Å².